The molecule has 0 heterocycles. The number of alkyl halides is 1. The fourth-order valence-corrected chi connectivity index (χ4v) is 1.93. The Morgan fingerprint density at radius 1 is 1.62 bits per heavy atom. The van der Waals surface area contributed by atoms with Crippen LogP contribution in [0.4, 0.5) is 5.69 Å². The van der Waals surface area contributed by atoms with Crippen LogP contribution >= 0.6 is 27.5 Å². The lowest BCUT2D eigenvalue weighted by Gasteiger charge is -2.08. The van der Waals surface area contributed by atoms with Gasteiger partial charge in [0.2, 0.25) is 0 Å². The first kappa shape index (κ1) is 12.9. The van der Waals surface area contributed by atoms with E-state index >= 15 is 0 Å². The quantitative estimate of drug-likeness (QED) is 0.371. The number of carbonyl (C=O) groups excluding carboxylic acids is 1. The van der Waals surface area contributed by atoms with E-state index in [0.29, 0.717) is 4.47 Å². The molecule has 1 aromatic carbocycles. The van der Waals surface area contributed by atoms with Gasteiger partial charge in [0.25, 0.3) is 5.69 Å². The molecule has 0 saturated heterocycles. The van der Waals surface area contributed by atoms with Crippen LogP contribution < -0.4 is 4.74 Å². The normalized spacial score (nSPS) is 9.94. The van der Waals surface area contributed by atoms with E-state index in [1.807, 2.05) is 0 Å². The number of nitro groups is 1. The lowest BCUT2D eigenvalue weighted by atomic mass is 10.1. The van der Waals surface area contributed by atoms with Crippen LogP contribution in [0.25, 0.3) is 0 Å². The maximum absolute atomic E-state index is 11.5. The number of benzene rings is 1. The summed E-state index contributed by atoms with van der Waals surface area (Å²) in [5.41, 5.74) is -0.0975. The molecule has 86 valence electrons. The highest BCUT2D eigenvalue weighted by Crippen LogP contribution is 2.33. The topological polar surface area (TPSA) is 69.4 Å². The van der Waals surface area contributed by atoms with Crippen molar-refractivity contribution in [1.82, 2.24) is 0 Å². The minimum absolute atomic E-state index is 0.0959. The minimum Gasteiger partial charge on any atom is -0.495 e. The Kier molecular flexibility index (Phi) is 4.26. The van der Waals surface area contributed by atoms with Gasteiger partial charge in [0.1, 0.15) is 5.75 Å². The number of Topliss-reactive ketones (excluding diaryl/α,β-unsaturated/α-hetero) is 1. The van der Waals surface area contributed by atoms with Gasteiger partial charge in [-0.05, 0) is 15.9 Å². The number of methoxy groups -OCH3 is 1. The predicted octanol–water partition coefficient (Wildman–Crippen LogP) is 2.79. The molecule has 0 aliphatic rings. The lowest BCUT2D eigenvalue weighted by molar-refractivity contribution is -0.385. The number of halogens is 2. The van der Waals surface area contributed by atoms with Crippen LogP contribution in [0, 0.1) is 10.1 Å². The van der Waals surface area contributed by atoms with E-state index in [1.54, 1.807) is 0 Å². The first-order chi connectivity index (χ1) is 7.51. The molecule has 7 heteroatoms. The first-order valence-electron chi connectivity index (χ1n) is 4.12. The summed E-state index contributed by atoms with van der Waals surface area (Å²) >= 11 is 8.51. The number of ketones is 1. The number of rotatable bonds is 4. The maximum Gasteiger partial charge on any atom is 0.271 e. The zero-order valence-electron chi connectivity index (χ0n) is 8.20. The average Bonchev–Trinajstić information content (AvgIpc) is 2.26. The molecular weight excluding hydrogens is 301 g/mol. The summed E-state index contributed by atoms with van der Waals surface area (Å²) in [5.74, 6) is -0.441. The van der Waals surface area contributed by atoms with Gasteiger partial charge >= 0.3 is 0 Å². The molecule has 0 bridgehead atoms. The fourth-order valence-electron chi connectivity index (χ4n) is 1.17. The smallest absolute Gasteiger partial charge is 0.271 e. The molecule has 1 rings (SSSR count). The minimum atomic E-state index is -0.588. The van der Waals surface area contributed by atoms with Crippen LogP contribution in [-0.2, 0) is 0 Å². The average molecular weight is 309 g/mol. The molecule has 0 spiro atoms. The highest BCUT2D eigenvalue weighted by atomic mass is 79.9. The molecule has 1 aromatic rings. The van der Waals surface area contributed by atoms with Crippen molar-refractivity contribution in [3.8, 4) is 5.75 Å². The zero-order valence-corrected chi connectivity index (χ0v) is 10.5. The van der Waals surface area contributed by atoms with Crippen molar-refractivity contribution in [2.24, 2.45) is 0 Å². The third-order valence-corrected chi connectivity index (χ3v) is 2.70. The summed E-state index contributed by atoms with van der Waals surface area (Å²) in [6.07, 6.45) is 0. The number of hydrogen-bond acceptors (Lipinski definition) is 4. The number of nitrogens with zero attached hydrogens (tertiary/aromatic N) is 1. The van der Waals surface area contributed by atoms with Crippen LogP contribution in [0.5, 0.6) is 5.75 Å². The van der Waals surface area contributed by atoms with Gasteiger partial charge in [-0.25, -0.2) is 0 Å². The monoisotopic (exact) mass is 307 g/mol. The van der Waals surface area contributed by atoms with Crippen LogP contribution in [0.1, 0.15) is 10.4 Å². The van der Waals surface area contributed by atoms with Gasteiger partial charge < -0.3 is 4.74 Å². The third kappa shape index (κ3) is 2.51. The third-order valence-electron chi connectivity index (χ3n) is 1.87. The predicted molar refractivity (Wildman–Crippen MR) is 62.4 cm³/mol. The molecule has 0 unspecified atom stereocenters. The summed E-state index contributed by atoms with van der Waals surface area (Å²) in [5, 5.41) is 10.6. The van der Waals surface area contributed by atoms with E-state index in [2.05, 4.69) is 15.9 Å². The highest BCUT2D eigenvalue weighted by molar-refractivity contribution is 9.10. The standard InChI is InChI=1S/C9H7BrClNO4/c1-16-9-6(8(13)4-11)2-5(12(14)15)3-7(9)10/h2-3H,4H2,1H3. The van der Waals surface area contributed by atoms with Gasteiger partial charge in [-0.3, -0.25) is 14.9 Å². The summed E-state index contributed by atoms with van der Waals surface area (Å²) in [7, 11) is 1.37. The molecule has 5 nitrogen and oxygen atoms in total. The van der Waals surface area contributed by atoms with E-state index in [9.17, 15) is 14.9 Å². The number of ether oxygens (including phenoxy) is 1. The number of carbonyl (C=O) groups is 1. The van der Waals surface area contributed by atoms with Crippen LogP contribution in [-0.4, -0.2) is 23.7 Å². The Bertz CT molecular complexity index is 449. The molecule has 0 aromatic heterocycles. The van der Waals surface area contributed by atoms with Crippen LogP contribution in [0.2, 0.25) is 0 Å². The molecule has 16 heavy (non-hydrogen) atoms. The number of hydrogen-bond donors (Lipinski definition) is 0. The maximum atomic E-state index is 11.5. The van der Waals surface area contributed by atoms with Gasteiger partial charge in [0, 0.05) is 12.1 Å². The van der Waals surface area contributed by atoms with Crippen LogP contribution in [0.3, 0.4) is 0 Å². The molecule has 0 aliphatic heterocycles. The van der Waals surface area contributed by atoms with Gasteiger partial charge in [0.05, 0.1) is 27.9 Å². The second-order valence-electron chi connectivity index (χ2n) is 2.82. The molecule has 0 radical (unpaired) electrons. The first-order valence-corrected chi connectivity index (χ1v) is 5.45. The van der Waals surface area contributed by atoms with Crippen molar-refractivity contribution < 1.29 is 14.5 Å². The largest absolute Gasteiger partial charge is 0.495 e. The Morgan fingerprint density at radius 3 is 2.69 bits per heavy atom. The van der Waals surface area contributed by atoms with E-state index in [4.69, 9.17) is 16.3 Å². The highest BCUT2D eigenvalue weighted by Gasteiger charge is 2.20. The van der Waals surface area contributed by atoms with E-state index < -0.39 is 10.7 Å². The van der Waals surface area contributed by atoms with Gasteiger partial charge in [-0.15, -0.1) is 11.6 Å². The van der Waals surface area contributed by atoms with E-state index in [0.717, 1.165) is 6.07 Å². The molecular formula is C9H7BrClNO4. The Hall–Kier alpha value is -1.14. The summed E-state index contributed by atoms with van der Waals surface area (Å²) in [6, 6.07) is 2.41. The van der Waals surface area contributed by atoms with Crippen molar-refractivity contribution in [1.29, 1.82) is 0 Å². The molecule has 0 N–H and O–H groups in total. The zero-order chi connectivity index (χ0) is 12.3. The number of nitro benzene ring substituents is 1. The SMILES string of the molecule is COc1c(Br)cc([N+](=O)[O-])cc1C(=O)CCl. The summed E-state index contributed by atoms with van der Waals surface area (Å²) in [6.45, 7) is 0. The van der Waals surface area contributed by atoms with Crippen molar-refractivity contribution in [2.75, 3.05) is 13.0 Å². The van der Waals surface area contributed by atoms with Crippen molar-refractivity contribution in [2.45, 2.75) is 0 Å². The van der Waals surface area contributed by atoms with Gasteiger partial charge in [0.15, 0.2) is 5.78 Å². The van der Waals surface area contributed by atoms with E-state index in [1.165, 1.54) is 13.2 Å². The van der Waals surface area contributed by atoms with E-state index in [-0.39, 0.29) is 22.9 Å². The van der Waals surface area contributed by atoms with Gasteiger partial charge in [-0.2, -0.15) is 0 Å². The Balaban J connectivity index is 3.42. The molecule has 0 fully saturated rings. The summed E-state index contributed by atoms with van der Waals surface area (Å²) in [4.78, 5) is 21.5. The van der Waals surface area contributed by atoms with Crippen LogP contribution in [0.15, 0.2) is 16.6 Å². The second-order valence-corrected chi connectivity index (χ2v) is 3.94. The number of non-ortho nitro benzene ring substituents is 1. The van der Waals surface area contributed by atoms with Crippen molar-refractivity contribution in [3.63, 3.8) is 0 Å². The Labute approximate surface area is 105 Å². The van der Waals surface area contributed by atoms with Gasteiger partial charge in [-0.1, -0.05) is 0 Å². The van der Waals surface area contributed by atoms with Crippen molar-refractivity contribution in [3.05, 3.63) is 32.3 Å². The fraction of sp³-hybridized carbons (Fsp3) is 0.222. The second kappa shape index (κ2) is 5.27. The molecule has 0 amide bonds. The summed E-state index contributed by atoms with van der Waals surface area (Å²) < 4.78 is 5.33. The molecule has 0 saturated carbocycles. The molecule has 0 atom stereocenters. The molecule has 0 aliphatic carbocycles. The van der Waals surface area contributed by atoms with Crippen molar-refractivity contribution >= 4 is 39.0 Å². The lowest BCUT2D eigenvalue weighted by Crippen LogP contribution is -2.05. The Morgan fingerprint density at radius 2 is 2.25 bits per heavy atom.